The van der Waals surface area contributed by atoms with Crippen molar-refractivity contribution in [2.75, 3.05) is 0 Å². The summed E-state index contributed by atoms with van der Waals surface area (Å²) in [6.07, 6.45) is 4.91. The number of rotatable bonds is 5. The lowest BCUT2D eigenvalue weighted by molar-refractivity contribution is 0.406. The van der Waals surface area contributed by atoms with Crippen LogP contribution in [0.1, 0.15) is 45.7 Å². The van der Waals surface area contributed by atoms with Gasteiger partial charge in [0.1, 0.15) is 0 Å². The average Bonchev–Trinajstić information content (AvgIpc) is 2.17. The Morgan fingerprint density at radius 1 is 1.13 bits per heavy atom. The Kier molecular flexibility index (Phi) is 4.76. The highest BCUT2D eigenvalue weighted by Gasteiger charge is 2.10. The number of hydrogen-bond donors (Lipinski definition) is 1. The van der Waals surface area contributed by atoms with Crippen molar-refractivity contribution in [3.05, 3.63) is 30.1 Å². The molecule has 2 heteroatoms. The molecule has 0 aliphatic rings. The maximum Gasteiger partial charge on any atom is 0.0295 e. The monoisotopic (exact) mass is 206 g/mol. The zero-order valence-corrected chi connectivity index (χ0v) is 10.2. The lowest BCUT2D eigenvalue weighted by Gasteiger charge is -2.21. The third-order valence-electron chi connectivity index (χ3n) is 2.57. The molecule has 0 aliphatic carbocycles. The molecule has 2 atom stereocenters. The van der Waals surface area contributed by atoms with Gasteiger partial charge in [-0.2, -0.15) is 0 Å². The Hall–Kier alpha value is -0.890. The maximum atomic E-state index is 4.03. The molecule has 0 aliphatic heterocycles. The minimum Gasteiger partial charge on any atom is -0.308 e. The molecule has 0 radical (unpaired) electrons. The average molecular weight is 206 g/mol. The van der Waals surface area contributed by atoms with Crippen LogP contribution >= 0.6 is 0 Å². The van der Waals surface area contributed by atoms with Crippen LogP contribution < -0.4 is 5.32 Å². The zero-order valence-electron chi connectivity index (χ0n) is 10.2. The van der Waals surface area contributed by atoms with Gasteiger partial charge in [0.05, 0.1) is 0 Å². The fourth-order valence-electron chi connectivity index (χ4n) is 1.95. The predicted octanol–water partition coefficient (Wildman–Crippen LogP) is 3.17. The Labute approximate surface area is 93.1 Å². The molecular formula is C13H22N2. The highest BCUT2D eigenvalue weighted by Crippen LogP contribution is 2.13. The van der Waals surface area contributed by atoms with Crippen molar-refractivity contribution >= 4 is 0 Å². The van der Waals surface area contributed by atoms with Gasteiger partial charge in [-0.1, -0.05) is 13.8 Å². The van der Waals surface area contributed by atoms with E-state index in [1.165, 1.54) is 12.0 Å². The number of pyridine rings is 1. The molecule has 0 amide bonds. The molecule has 1 N–H and O–H groups in total. The van der Waals surface area contributed by atoms with Gasteiger partial charge in [0.15, 0.2) is 0 Å². The van der Waals surface area contributed by atoms with E-state index in [1.807, 2.05) is 12.4 Å². The van der Waals surface area contributed by atoms with Crippen LogP contribution in [0.15, 0.2) is 24.5 Å². The van der Waals surface area contributed by atoms with E-state index in [4.69, 9.17) is 0 Å². The van der Waals surface area contributed by atoms with E-state index in [9.17, 15) is 0 Å². The summed E-state index contributed by atoms with van der Waals surface area (Å²) in [6, 6.07) is 5.11. The third kappa shape index (κ3) is 4.43. The highest BCUT2D eigenvalue weighted by atomic mass is 14.9. The van der Waals surface area contributed by atoms with Gasteiger partial charge in [-0.3, -0.25) is 4.98 Å². The van der Waals surface area contributed by atoms with Crippen molar-refractivity contribution in [1.82, 2.24) is 10.3 Å². The first-order valence-corrected chi connectivity index (χ1v) is 5.75. The van der Waals surface area contributed by atoms with Crippen molar-refractivity contribution in [2.45, 2.75) is 46.2 Å². The quantitative estimate of drug-likeness (QED) is 0.800. The van der Waals surface area contributed by atoms with Gasteiger partial charge in [0, 0.05) is 24.5 Å². The van der Waals surface area contributed by atoms with E-state index in [0.717, 1.165) is 5.92 Å². The van der Waals surface area contributed by atoms with E-state index in [1.54, 1.807) is 0 Å². The van der Waals surface area contributed by atoms with Crippen molar-refractivity contribution in [3.8, 4) is 0 Å². The summed E-state index contributed by atoms with van der Waals surface area (Å²) in [7, 11) is 0. The molecular weight excluding hydrogens is 184 g/mol. The molecule has 0 bridgehead atoms. The second kappa shape index (κ2) is 5.86. The van der Waals surface area contributed by atoms with E-state index in [2.05, 4.69) is 50.1 Å². The molecule has 0 spiro atoms. The van der Waals surface area contributed by atoms with Gasteiger partial charge >= 0.3 is 0 Å². The van der Waals surface area contributed by atoms with Crippen molar-refractivity contribution in [3.63, 3.8) is 0 Å². The molecule has 1 rings (SSSR count). The standard InChI is InChI=1S/C13H22N2/c1-10(2)9-11(3)15-12(4)13-5-7-14-8-6-13/h5-8,10-12,15H,9H2,1-4H3/t11?,12-/m0/s1. The Morgan fingerprint density at radius 2 is 1.73 bits per heavy atom. The molecule has 1 aromatic rings. The third-order valence-corrected chi connectivity index (χ3v) is 2.57. The van der Waals surface area contributed by atoms with Crippen molar-refractivity contribution in [2.24, 2.45) is 5.92 Å². The number of nitrogens with one attached hydrogen (secondary N) is 1. The second-order valence-electron chi connectivity index (χ2n) is 4.70. The largest absolute Gasteiger partial charge is 0.308 e. The Bertz CT molecular complexity index is 269. The lowest BCUT2D eigenvalue weighted by Crippen LogP contribution is -2.30. The van der Waals surface area contributed by atoms with Crippen molar-refractivity contribution in [1.29, 1.82) is 0 Å². The van der Waals surface area contributed by atoms with Crippen LogP contribution in [0.2, 0.25) is 0 Å². The molecule has 1 heterocycles. The fraction of sp³-hybridized carbons (Fsp3) is 0.615. The summed E-state index contributed by atoms with van der Waals surface area (Å²) in [5.41, 5.74) is 1.31. The normalized spacial score (nSPS) is 15.3. The van der Waals surface area contributed by atoms with Crippen LogP contribution in [0.4, 0.5) is 0 Å². The fourth-order valence-corrected chi connectivity index (χ4v) is 1.95. The SMILES string of the molecule is CC(C)CC(C)N[C@@H](C)c1ccncc1. The maximum absolute atomic E-state index is 4.03. The first-order chi connectivity index (χ1) is 7.09. The minimum absolute atomic E-state index is 0.404. The molecule has 1 unspecified atom stereocenters. The summed E-state index contributed by atoms with van der Waals surface area (Å²) in [5, 5.41) is 3.60. The Balaban J connectivity index is 2.45. The number of nitrogens with zero attached hydrogens (tertiary/aromatic N) is 1. The molecule has 0 fully saturated rings. The van der Waals surface area contributed by atoms with Crippen LogP contribution in [0.25, 0.3) is 0 Å². The van der Waals surface area contributed by atoms with Crippen LogP contribution in [-0.2, 0) is 0 Å². The second-order valence-corrected chi connectivity index (χ2v) is 4.70. The summed E-state index contributed by atoms with van der Waals surface area (Å²) in [5.74, 6) is 0.747. The summed E-state index contributed by atoms with van der Waals surface area (Å²) in [6.45, 7) is 8.97. The molecule has 15 heavy (non-hydrogen) atoms. The zero-order chi connectivity index (χ0) is 11.3. The highest BCUT2D eigenvalue weighted by molar-refractivity contribution is 5.14. The van der Waals surface area contributed by atoms with Crippen molar-refractivity contribution < 1.29 is 0 Å². The van der Waals surface area contributed by atoms with Crippen LogP contribution in [0.3, 0.4) is 0 Å². The predicted molar refractivity (Wildman–Crippen MR) is 64.7 cm³/mol. The Morgan fingerprint density at radius 3 is 2.27 bits per heavy atom. The molecule has 0 saturated carbocycles. The molecule has 84 valence electrons. The van der Waals surface area contributed by atoms with Gasteiger partial charge in [-0.25, -0.2) is 0 Å². The van der Waals surface area contributed by atoms with E-state index in [0.29, 0.717) is 12.1 Å². The van der Waals surface area contributed by atoms with Crippen LogP contribution in [0, 0.1) is 5.92 Å². The van der Waals surface area contributed by atoms with Gasteiger partial charge in [-0.05, 0) is 43.9 Å². The van der Waals surface area contributed by atoms with E-state index >= 15 is 0 Å². The number of aromatic nitrogens is 1. The molecule has 2 nitrogen and oxygen atoms in total. The van der Waals surface area contributed by atoms with Gasteiger partial charge in [0.2, 0.25) is 0 Å². The molecule has 1 aromatic heterocycles. The molecule has 0 saturated heterocycles. The van der Waals surface area contributed by atoms with E-state index in [-0.39, 0.29) is 0 Å². The van der Waals surface area contributed by atoms with Gasteiger partial charge in [-0.15, -0.1) is 0 Å². The van der Waals surface area contributed by atoms with Crippen LogP contribution in [-0.4, -0.2) is 11.0 Å². The lowest BCUT2D eigenvalue weighted by atomic mass is 10.0. The molecule has 0 aromatic carbocycles. The van der Waals surface area contributed by atoms with E-state index < -0.39 is 0 Å². The first-order valence-electron chi connectivity index (χ1n) is 5.75. The smallest absolute Gasteiger partial charge is 0.0295 e. The van der Waals surface area contributed by atoms with Gasteiger partial charge < -0.3 is 5.32 Å². The van der Waals surface area contributed by atoms with Crippen LogP contribution in [0.5, 0.6) is 0 Å². The first kappa shape index (κ1) is 12.2. The number of hydrogen-bond acceptors (Lipinski definition) is 2. The summed E-state index contributed by atoms with van der Waals surface area (Å²) >= 11 is 0. The topological polar surface area (TPSA) is 24.9 Å². The summed E-state index contributed by atoms with van der Waals surface area (Å²) in [4.78, 5) is 4.03. The minimum atomic E-state index is 0.404. The summed E-state index contributed by atoms with van der Waals surface area (Å²) < 4.78 is 0. The van der Waals surface area contributed by atoms with Gasteiger partial charge in [0.25, 0.3) is 0 Å².